The molecule has 2 aromatic rings. The van der Waals surface area contributed by atoms with Crippen molar-refractivity contribution in [3.05, 3.63) is 60.2 Å². The van der Waals surface area contributed by atoms with E-state index in [2.05, 4.69) is 39.6 Å². The number of nitrogens with one attached hydrogen (secondary N) is 1. The number of pyridine rings is 2. The summed E-state index contributed by atoms with van der Waals surface area (Å²) in [5.41, 5.74) is 2.55. The Labute approximate surface area is 95.6 Å². The quantitative estimate of drug-likeness (QED) is 0.842. The molecule has 0 amide bonds. The normalized spacial score (nSPS) is 10.6. The zero-order chi connectivity index (χ0) is 11.2. The van der Waals surface area contributed by atoms with Gasteiger partial charge in [0.05, 0.1) is 0 Å². The summed E-state index contributed by atoms with van der Waals surface area (Å²) in [4.78, 5) is 8.10. The zero-order valence-corrected chi connectivity index (χ0v) is 9.30. The number of hydrogen-bond acceptors (Lipinski definition) is 3. The lowest BCUT2D eigenvalue weighted by atomic mass is 9.93. The molecular formula is C13H15N3. The number of nitrogens with zero attached hydrogens (tertiary/aromatic N) is 2. The van der Waals surface area contributed by atoms with Gasteiger partial charge in [-0.3, -0.25) is 9.97 Å². The highest BCUT2D eigenvalue weighted by molar-refractivity contribution is 5.30. The molecule has 3 heteroatoms. The van der Waals surface area contributed by atoms with Gasteiger partial charge in [0.1, 0.15) is 0 Å². The molecule has 0 atom stereocenters. The molecule has 0 unspecified atom stereocenters. The SMILES string of the molecule is CNCC(c1ccncc1)c1ccncc1. The van der Waals surface area contributed by atoms with E-state index in [-0.39, 0.29) is 0 Å². The van der Waals surface area contributed by atoms with Crippen LogP contribution in [-0.4, -0.2) is 23.6 Å². The van der Waals surface area contributed by atoms with Crippen LogP contribution in [0.2, 0.25) is 0 Å². The molecule has 2 aromatic heterocycles. The highest BCUT2D eigenvalue weighted by Crippen LogP contribution is 2.22. The average Bonchev–Trinajstić information content (AvgIpc) is 2.38. The first kappa shape index (κ1) is 10.8. The zero-order valence-electron chi connectivity index (χ0n) is 9.30. The van der Waals surface area contributed by atoms with Gasteiger partial charge in [0.15, 0.2) is 0 Å². The van der Waals surface area contributed by atoms with Gasteiger partial charge in [-0.15, -0.1) is 0 Å². The van der Waals surface area contributed by atoms with Crippen molar-refractivity contribution in [1.29, 1.82) is 0 Å². The van der Waals surface area contributed by atoms with Gasteiger partial charge in [-0.2, -0.15) is 0 Å². The number of aromatic nitrogens is 2. The molecule has 0 fully saturated rings. The lowest BCUT2D eigenvalue weighted by molar-refractivity contribution is 0.706. The van der Waals surface area contributed by atoms with Crippen LogP contribution in [0.25, 0.3) is 0 Å². The van der Waals surface area contributed by atoms with E-state index in [0.29, 0.717) is 5.92 Å². The van der Waals surface area contributed by atoms with Crippen molar-refractivity contribution < 1.29 is 0 Å². The highest BCUT2D eigenvalue weighted by atomic mass is 14.8. The van der Waals surface area contributed by atoms with Crippen molar-refractivity contribution in [3.63, 3.8) is 0 Å². The van der Waals surface area contributed by atoms with Gasteiger partial charge in [-0.05, 0) is 42.4 Å². The summed E-state index contributed by atoms with van der Waals surface area (Å²) in [5, 5.41) is 3.22. The number of hydrogen-bond donors (Lipinski definition) is 1. The predicted molar refractivity (Wildman–Crippen MR) is 64.2 cm³/mol. The van der Waals surface area contributed by atoms with Crippen molar-refractivity contribution in [2.24, 2.45) is 0 Å². The van der Waals surface area contributed by atoms with E-state index in [1.165, 1.54) is 11.1 Å². The average molecular weight is 213 g/mol. The monoisotopic (exact) mass is 213 g/mol. The van der Waals surface area contributed by atoms with Crippen molar-refractivity contribution in [3.8, 4) is 0 Å². The van der Waals surface area contributed by atoms with Crippen LogP contribution in [0.3, 0.4) is 0 Å². The van der Waals surface area contributed by atoms with Crippen LogP contribution in [0.5, 0.6) is 0 Å². The van der Waals surface area contributed by atoms with Crippen LogP contribution < -0.4 is 5.32 Å². The minimum absolute atomic E-state index is 0.357. The third-order valence-electron chi connectivity index (χ3n) is 2.63. The minimum atomic E-state index is 0.357. The van der Waals surface area contributed by atoms with Crippen LogP contribution >= 0.6 is 0 Å². The molecule has 0 spiro atoms. The standard InChI is InChI=1S/C13H15N3/c1-14-10-13(11-2-6-15-7-3-11)12-4-8-16-9-5-12/h2-9,13-14H,10H2,1H3. The van der Waals surface area contributed by atoms with E-state index in [1.54, 1.807) is 0 Å². The van der Waals surface area contributed by atoms with Gasteiger partial charge in [0, 0.05) is 37.3 Å². The summed E-state index contributed by atoms with van der Waals surface area (Å²) in [6, 6.07) is 8.23. The van der Waals surface area contributed by atoms with Gasteiger partial charge < -0.3 is 5.32 Å². The highest BCUT2D eigenvalue weighted by Gasteiger charge is 2.12. The predicted octanol–water partition coefficient (Wildman–Crippen LogP) is 1.83. The van der Waals surface area contributed by atoms with E-state index in [0.717, 1.165) is 6.54 Å². The van der Waals surface area contributed by atoms with Gasteiger partial charge >= 0.3 is 0 Å². The third kappa shape index (κ3) is 2.44. The van der Waals surface area contributed by atoms with E-state index in [4.69, 9.17) is 0 Å². The second-order valence-electron chi connectivity index (χ2n) is 3.67. The molecule has 0 saturated carbocycles. The first-order valence-corrected chi connectivity index (χ1v) is 5.36. The maximum Gasteiger partial charge on any atom is 0.0270 e. The van der Waals surface area contributed by atoms with Crippen molar-refractivity contribution in [2.75, 3.05) is 13.6 Å². The largest absolute Gasteiger partial charge is 0.319 e. The third-order valence-corrected chi connectivity index (χ3v) is 2.63. The van der Waals surface area contributed by atoms with E-state index >= 15 is 0 Å². The first-order chi connectivity index (χ1) is 7.92. The summed E-state index contributed by atoms with van der Waals surface area (Å²) in [5.74, 6) is 0.357. The van der Waals surface area contributed by atoms with Gasteiger partial charge in [0.2, 0.25) is 0 Å². The Morgan fingerprint density at radius 2 is 1.38 bits per heavy atom. The summed E-state index contributed by atoms with van der Waals surface area (Å²) in [7, 11) is 1.97. The lowest BCUT2D eigenvalue weighted by Gasteiger charge is -2.16. The molecule has 82 valence electrons. The van der Waals surface area contributed by atoms with Crippen molar-refractivity contribution in [2.45, 2.75) is 5.92 Å². The van der Waals surface area contributed by atoms with Gasteiger partial charge in [-0.1, -0.05) is 0 Å². The Morgan fingerprint density at radius 1 is 0.938 bits per heavy atom. The molecule has 0 bridgehead atoms. The Balaban J connectivity index is 2.31. The van der Waals surface area contributed by atoms with Gasteiger partial charge in [-0.25, -0.2) is 0 Å². The maximum atomic E-state index is 4.05. The van der Waals surface area contributed by atoms with E-state index in [1.807, 2.05) is 31.8 Å². The Kier molecular flexibility index (Phi) is 3.62. The molecule has 3 nitrogen and oxygen atoms in total. The summed E-state index contributed by atoms with van der Waals surface area (Å²) < 4.78 is 0. The Bertz CT molecular complexity index is 374. The Hall–Kier alpha value is -1.74. The fourth-order valence-corrected chi connectivity index (χ4v) is 1.82. The fraction of sp³-hybridized carbons (Fsp3) is 0.231. The van der Waals surface area contributed by atoms with Gasteiger partial charge in [0.25, 0.3) is 0 Å². The number of rotatable bonds is 4. The van der Waals surface area contributed by atoms with Crippen LogP contribution in [-0.2, 0) is 0 Å². The van der Waals surface area contributed by atoms with E-state index < -0.39 is 0 Å². The summed E-state index contributed by atoms with van der Waals surface area (Å²) in [6.07, 6.45) is 7.33. The maximum absolute atomic E-state index is 4.05. The van der Waals surface area contributed by atoms with Crippen LogP contribution in [0.15, 0.2) is 49.1 Å². The Morgan fingerprint density at radius 3 is 1.75 bits per heavy atom. The molecule has 0 radical (unpaired) electrons. The molecular weight excluding hydrogens is 198 g/mol. The molecule has 2 rings (SSSR count). The molecule has 0 saturated heterocycles. The van der Waals surface area contributed by atoms with Crippen LogP contribution in [0.1, 0.15) is 17.0 Å². The molecule has 1 N–H and O–H groups in total. The molecule has 0 aliphatic carbocycles. The fourth-order valence-electron chi connectivity index (χ4n) is 1.82. The topological polar surface area (TPSA) is 37.8 Å². The van der Waals surface area contributed by atoms with E-state index in [9.17, 15) is 0 Å². The number of likely N-dealkylation sites (N-methyl/N-ethyl adjacent to an activating group) is 1. The van der Waals surface area contributed by atoms with Crippen LogP contribution in [0.4, 0.5) is 0 Å². The molecule has 0 aromatic carbocycles. The first-order valence-electron chi connectivity index (χ1n) is 5.36. The second kappa shape index (κ2) is 5.37. The van der Waals surface area contributed by atoms with Crippen molar-refractivity contribution in [1.82, 2.24) is 15.3 Å². The second-order valence-corrected chi connectivity index (χ2v) is 3.67. The van der Waals surface area contributed by atoms with Crippen molar-refractivity contribution >= 4 is 0 Å². The lowest BCUT2D eigenvalue weighted by Crippen LogP contribution is -2.18. The van der Waals surface area contributed by atoms with Crippen LogP contribution in [0, 0.1) is 0 Å². The molecule has 2 heterocycles. The molecule has 0 aliphatic heterocycles. The smallest absolute Gasteiger partial charge is 0.0270 e. The summed E-state index contributed by atoms with van der Waals surface area (Å²) >= 11 is 0. The molecule has 16 heavy (non-hydrogen) atoms. The minimum Gasteiger partial charge on any atom is -0.319 e. The molecule has 0 aliphatic rings. The summed E-state index contributed by atoms with van der Waals surface area (Å²) in [6.45, 7) is 0.911.